The van der Waals surface area contributed by atoms with E-state index in [1.165, 1.54) is 13.8 Å². The lowest BCUT2D eigenvalue weighted by Crippen LogP contribution is -2.19. The number of allylic oxidation sites excluding steroid dienone is 1. The van der Waals surface area contributed by atoms with Crippen LogP contribution in [0.15, 0.2) is 11.6 Å². The average Bonchev–Trinajstić information content (AvgIpc) is 2.33. The number of carbonyl (C=O) groups is 2. The van der Waals surface area contributed by atoms with Gasteiger partial charge in [-0.2, -0.15) is 0 Å². The molecule has 0 unspecified atom stereocenters. The van der Waals surface area contributed by atoms with Crippen LogP contribution in [0.1, 0.15) is 26.7 Å². The molecule has 0 spiro atoms. The summed E-state index contributed by atoms with van der Waals surface area (Å²) in [6.07, 6.45) is 3.12. The van der Waals surface area contributed by atoms with Crippen LogP contribution in [0.25, 0.3) is 0 Å². The third-order valence-electron chi connectivity index (χ3n) is 1.85. The lowest BCUT2D eigenvalue weighted by atomic mass is 10.1. The molecular formula is C9H12O3. The molecule has 0 aromatic heterocycles. The highest BCUT2D eigenvalue weighted by molar-refractivity contribution is 5.95. The molecule has 1 rings (SSSR count). The zero-order valence-electron chi connectivity index (χ0n) is 7.29. The van der Waals surface area contributed by atoms with Crippen LogP contribution >= 0.6 is 0 Å². The molecule has 0 radical (unpaired) electrons. The Labute approximate surface area is 71.4 Å². The molecule has 1 aliphatic carbocycles. The monoisotopic (exact) mass is 168 g/mol. The molecule has 0 amide bonds. The topological polar surface area (TPSA) is 43.4 Å². The Balaban J connectivity index is 2.62. The lowest BCUT2D eigenvalue weighted by molar-refractivity contribution is -0.144. The van der Waals surface area contributed by atoms with Gasteiger partial charge in [0.05, 0.1) is 0 Å². The zero-order chi connectivity index (χ0) is 9.14. The second-order valence-electron chi connectivity index (χ2n) is 2.89. The first-order valence-corrected chi connectivity index (χ1v) is 3.99. The molecule has 1 atom stereocenters. The van der Waals surface area contributed by atoms with Crippen molar-refractivity contribution in [3.8, 4) is 0 Å². The minimum absolute atomic E-state index is 0.00116. The summed E-state index contributed by atoms with van der Waals surface area (Å²) >= 11 is 0. The van der Waals surface area contributed by atoms with Gasteiger partial charge in [-0.05, 0) is 19.8 Å². The van der Waals surface area contributed by atoms with E-state index >= 15 is 0 Å². The molecule has 0 aromatic rings. The Morgan fingerprint density at radius 2 is 2.17 bits per heavy atom. The van der Waals surface area contributed by atoms with Gasteiger partial charge in [0.2, 0.25) is 0 Å². The number of Topliss-reactive ketones (excluding diaryl/α,β-unsaturated/α-hetero) is 1. The molecule has 0 saturated carbocycles. The molecule has 0 aromatic carbocycles. The quantitative estimate of drug-likeness (QED) is 0.582. The van der Waals surface area contributed by atoms with E-state index < -0.39 is 0 Å². The average molecular weight is 168 g/mol. The maximum absolute atomic E-state index is 11.0. The molecule has 0 N–H and O–H groups in total. The molecule has 3 heteroatoms. The summed E-state index contributed by atoms with van der Waals surface area (Å²) in [6.45, 7) is 2.85. The van der Waals surface area contributed by atoms with E-state index in [2.05, 4.69) is 0 Å². The van der Waals surface area contributed by atoms with E-state index in [1.807, 2.05) is 6.08 Å². The van der Waals surface area contributed by atoms with Crippen LogP contribution < -0.4 is 0 Å². The van der Waals surface area contributed by atoms with Crippen LogP contribution in [0.4, 0.5) is 0 Å². The van der Waals surface area contributed by atoms with E-state index in [1.54, 1.807) is 0 Å². The van der Waals surface area contributed by atoms with Gasteiger partial charge in [-0.3, -0.25) is 9.59 Å². The first kappa shape index (κ1) is 8.97. The second-order valence-corrected chi connectivity index (χ2v) is 2.89. The summed E-state index contributed by atoms with van der Waals surface area (Å²) < 4.78 is 4.96. The van der Waals surface area contributed by atoms with Crippen molar-refractivity contribution in [1.82, 2.24) is 0 Å². The van der Waals surface area contributed by atoms with Crippen molar-refractivity contribution in [3.05, 3.63) is 11.6 Å². The maximum atomic E-state index is 11.0. The van der Waals surface area contributed by atoms with Crippen molar-refractivity contribution in [1.29, 1.82) is 0 Å². The molecule has 3 nitrogen and oxygen atoms in total. The number of hydrogen-bond acceptors (Lipinski definition) is 3. The molecule has 0 bridgehead atoms. The summed E-state index contributed by atoms with van der Waals surface area (Å²) in [5.41, 5.74) is 0.644. The first-order valence-electron chi connectivity index (χ1n) is 3.99. The Hall–Kier alpha value is -1.12. The van der Waals surface area contributed by atoms with Gasteiger partial charge in [0.15, 0.2) is 5.78 Å². The number of esters is 1. The Kier molecular flexibility index (Phi) is 2.63. The fourth-order valence-corrected chi connectivity index (χ4v) is 1.37. The van der Waals surface area contributed by atoms with Gasteiger partial charge < -0.3 is 4.74 Å². The Morgan fingerprint density at radius 1 is 1.50 bits per heavy atom. The molecule has 1 aliphatic rings. The van der Waals surface area contributed by atoms with Gasteiger partial charge in [0.1, 0.15) is 6.10 Å². The zero-order valence-corrected chi connectivity index (χ0v) is 7.29. The van der Waals surface area contributed by atoms with Crippen LogP contribution in [-0.4, -0.2) is 17.9 Å². The van der Waals surface area contributed by atoms with Crippen LogP contribution in [0.2, 0.25) is 0 Å². The van der Waals surface area contributed by atoms with Gasteiger partial charge in [-0.1, -0.05) is 6.08 Å². The summed E-state index contributed by atoms with van der Waals surface area (Å²) in [5, 5.41) is 0. The molecule has 66 valence electrons. The minimum atomic E-state index is -0.325. The van der Waals surface area contributed by atoms with E-state index in [-0.39, 0.29) is 17.9 Å². The molecule has 12 heavy (non-hydrogen) atoms. The fourth-order valence-electron chi connectivity index (χ4n) is 1.37. The largest absolute Gasteiger partial charge is 0.458 e. The van der Waals surface area contributed by atoms with Crippen molar-refractivity contribution in [2.75, 3.05) is 0 Å². The van der Waals surface area contributed by atoms with Gasteiger partial charge >= 0.3 is 5.97 Å². The summed E-state index contributed by atoms with van der Waals surface area (Å²) in [7, 11) is 0. The predicted molar refractivity (Wildman–Crippen MR) is 43.6 cm³/mol. The van der Waals surface area contributed by atoms with Crippen LogP contribution in [0.5, 0.6) is 0 Å². The van der Waals surface area contributed by atoms with Crippen molar-refractivity contribution in [3.63, 3.8) is 0 Å². The molecule has 0 fully saturated rings. The van der Waals surface area contributed by atoms with E-state index in [0.29, 0.717) is 5.57 Å². The van der Waals surface area contributed by atoms with Crippen molar-refractivity contribution < 1.29 is 14.3 Å². The molecular weight excluding hydrogens is 156 g/mol. The van der Waals surface area contributed by atoms with Gasteiger partial charge in [0, 0.05) is 12.5 Å². The number of ether oxygens (including phenoxy) is 1. The Bertz CT molecular complexity index is 240. The standard InChI is InChI=1S/C9H12O3/c1-6(10)8-4-3-5-9(8)12-7(2)11/h4,9H,3,5H2,1-2H3/t9-/m1/s1. The molecule has 0 saturated heterocycles. The number of carbonyl (C=O) groups excluding carboxylic acids is 2. The van der Waals surface area contributed by atoms with E-state index in [0.717, 1.165) is 12.8 Å². The normalized spacial score (nSPS) is 21.8. The highest BCUT2D eigenvalue weighted by Crippen LogP contribution is 2.22. The van der Waals surface area contributed by atoms with Crippen molar-refractivity contribution >= 4 is 11.8 Å². The van der Waals surface area contributed by atoms with Crippen LogP contribution in [-0.2, 0) is 14.3 Å². The van der Waals surface area contributed by atoms with E-state index in [9.17, 15) is 9.59 Å². The SMILES string of the molecule is CC(=O)O[C@@H]1CCC=C1C(C)=O. The fraction of sp³-hybridized carbons (Fsp3) is 0.556. The molecule has 0 aliphatic heterocycles. The highest BCUT2D eigenvalue weighted by atomic mass is 16.5. The van der Waals surface area contributed by atoms with Crippen LogP contribution in [0.3, 0.4) is 0 Å². The minimum Gasteiger partial charge on any atom is -0.458 e. The Morgan fingerprint density at radius 3 is 2.67 bits per heavy atom. The maximum Gasteiger partial charge on any atom is 0.303 e. The number of ketones is 1. The summed E-state index contributed by atoms with van der Waals surface area (Å²) in [4.78, 5) is 21.6. The third kappa shape index (κ3) is 1.94. The number of hydrogen-bond donors (Lipinski definition) is 0. The summed E-state index contributed by atoms with van der Waals surface area (Å²) in [5.74, 6) is -0.326. The van der Waals surface area contributed by atoms with Crippen molar-refractivity contribution in [2.45, 2.75) is 32.8 Å². The predicted octanol–water partition coefficient (Wildman–Crippen LogP) is 1.23. The van der Waals surface area contributed by atoms with Crippen molar-refractivity contribution in [2.24, 2.45) is 0 Å². The highest BCUT2D eigenvalue weighted by Gasteiger charge is 2.24. The lowest BCUT2D eigenvalue weighted by Gasteiger charge is -2.12. The van der Waals surface area contributed by atoms with Crippen LogP contribution in [0, 0.1) is 0 Å². The van der Waals surface area contributed by atoms with Gasteiger partial charge in [-0.25, -0.2) is 0 Å². The number of rotatable bonds is 2. The molecule has 0 heterocycles. The summed E-state index contributed by atoms with van der Waals surface area (Å²) in [6, 6.07) is 0. The van der Waals surface area contributed by atoms with Gasteiger partial charge in [-0.15, -0.1) is 0 Å². The third-order valence-corrected chi connectivity index (χ3v) is 1.85. The second kappa shape index (κ2) is 3.52. The first-order chi connectivity index (χ1) is 5.61. The smallest absolute Gasteiger partial charge is 0.303 e. The van der Waals surface area contributed by atoms with Gasteiger partial charge in [0.25, 0.3) is 0 Å². The van der Waals surface area contributed by atoms with E-state index in [4.69, 9.17) is 4.74 Å².